The lowest BCUT2D eigenvalue weighted by atomic mass is 10.2. The zero-order valence-electron chi connectivity index (χ0n) is 14.8. The molecule has 0 aliphatic rings. The van der Waals surface area contributed by atoms with Crippen molar-refractivity contribution in [3.8, 4) is 0 Å². The molecule has 6 nitrogen and oxygen atoms in total. The molecule has 3 aromatic rings. The van der Waals surface area contributed by atoms with Gasteiger partial charge in [0.05, 0.1) is 18.4 Å². The number of carbonyl (C=O) groups is 1. The maximum absolute atomic E-state index is 13.5. The predicted molar refractivity (Wildman–Crippen MR) is 111 cm³/mol. The molecular weight excluding hydrogens is 377 g/mol. The first-order chi connectivity index (χ1) is 13.6. The lowest BCUT2D eigenvalue weighted by Gasteiger charge is -2.10. The Balaban J connectivity index is 1.46. The van der Waals surface area contributed by atoms with Crippen LogP contribution in [-0.4, -0.2) is 20.8 Å². The zero-order chi connectivity index (χ0) is 19.8. The number of halogens is 1. The molecule has 0 fully saturated rings. The number of hydrazine groups is 1. The zero-order valence-corrected chi connectivity index (χ0v) is 15.6. The van der Waals surface area contributed by atoms with Gasteiger partial charge in [0.25, 0.3) is 5.91 Å². The molecule has 0 spiro atoms. The molecule has 2 aromatic carbocycles. The van der Waals surface area contributed by atoms with Crippen LogP contribution in [-0.2, 0) is 11.3 Å². The standard InChI is InChI=1S/C20H18FN5OS/c21-17-8-4-5-9-18(17)23-20(28)25-24-19(27)11-10-16-12-22-26(14-16)13-15-6-2-1-3-7-15/h1-12,14H,13H2,(H,24,27)(H2,23,25,28)/b11-10+. The maximum atomic E-state index is 13.5. The average Bonchev–Trinajstić information content (AvgIpc) is 3.15. The first kappa shape index (κ1) is 19.2. The second-order valence-electron chi connectivity index (χ2n) is 5.84. The fraction of sp³-hybridized carbons (Fsp3) is 0.0500. The molecular formula is C20H18FN5OS. The van der Waals surface area contributed by atoms with Gasteiger partial charge in [-0.15, -0.1) is 0 Å². The normalized spacial score (nSPS) is 10.6. The number of thiocarbonyl (C=S) groups is 1. The molecule has 28 heavy (non-hydrogen) atoms. The molecule has 0 aliphatic heterocycles. The van der Waals surface area contributed by atoms with Gasteiger partial charge in [-0.2, -0.15) is 5.10 Å². The van der Waals surface area contributed by atoms with Gasteiger partial charge in [-0.1, -0.05) is 42.5 Å². The van der Waals surface area contributed by atoms with Crippen LogP contribution in [0.4, 0.5) is 10.1 Å². The van der Waals surface area contributed by atoms with E-state index in [4.69, 9.17) is 12.2 Å². The van der Waals surface area contributed by atoms with E-state index in [1.165, 1.54) is 18.2 Å². The van der Waals surface area contributed by atoms with Gasteiger partial charge in [-0.3, -0.25) is 20.3 Å². The fourth-order valence-corrected chi connectivity index (χ4v) is 2.53. The molecule has 0 saturated carbocycles. The Morgan fingerprint density at radius 1 is 1.11 bits per heavy atom. The van der Waals surface area contributed by atoms with Crippen molar-refractivity contribution in [2.24, 2.45) is 0 Å². The minimum atomic E-state index is -0.439. The van der Waals surface area contributed by atoms with Gasteiger partial charge in [-0.05, 0) is 36.0 Å². The summed E-state index contributed by atoms with van der Waals surface area (Å²) in [5.74, 6) is -0.848. The molecule has 0 radical (unpaired) electrons. The Hall–Kier alpha value is -3.52. The molecule has 0 bridgehead atoms. The SMILES string of the molecule is O=C(/C=C/c1cnn(Cc2ccccc2)c1)NNC(=S)Nc1ccccc1F. The molecule has 0 atom stereocenters. The van der Waals surface area contributed by atoms with Crippen LogP contribution in [0.1, 0.15) is 11.1 Å². The molecule has 1 amide bonds. The van der Waals surface area contributed by atoms with Crippen LogP contribution < -0.4 is 16.2 Å². The van der Waals surface area contributed by atoms with E-state index in [1.54, 1.807) is 29.1 Å². The molecule has 8 heteroatoms. The highest BCUT2D eigenvalue weighted by Gasteiger charge is 2.03. The van der Waals surface area contributed by atoms with Crippen molar-refractivity contribution in [3.63, 3.8) is 0 Å². The summed E-state index contributed by atoms with van der Waals surface area (Å²) in [6.45, 7) is 0.651. The number of para-hydroxylation sites is 1. The number of amides is 1. The summed E-state index contributed by atoms with van der Waals surface area (Å²) in [7, 11) is 0. The highest BCUT2D eigenvalue weighted by molar-refractivity contribution is 7.80. The second kappa shape index (κ2) is 9.43. The van der Waals surface area contributed by atoms with Crippen molar-refractivity contribution in [1.82, 2.24) is 20.6 Å². The number of hydrogen-bond acceptors (Lipinski definition) is 3. The first-order valence-corrected chi connectivity index (χ1v) is 8.87. The van der Waals surface area contributed by atoms with Gasteiger partial charge in [0.1, 0.15) is 5.82 Å². The highest BCUT2D eigenvalue weighted by atomic mass is 32.1. The predicted octanol–water partition coefficient (Wildman–Crippen LogP) is 3.10. The Morgan fingerprint density at radius 2 is 1.86 bits per heavy atom. The minimum absolute atomic E-state index is 0.0718. The van der Waals surface area contributed by atoms with Crippen LogP contribution in [0.3, 0.4) is 0 Å². The summed E-state index contributed by atoms with van der Waals surface area (Å²) < 4.78 is 15.3. The van der Waals surface area contributed by atoms with Gasteiger partial charge in [0.2, 0.25) is 0 Å². The van der Waals surface area contributed by atoms with Crippen LogP contribution in [0.25, 0.3) is 6.08 Å². The summed E-state index contributed by atoms with van der Waals surface area (Å²) >= 11 is 5.02. The molecule has 1 aromatic heterocycles. The first-order valence-electron chi connectivity index (χ1n) is 8.46. The van der Waals surface area contributed by atoms with Gasteiger partial charge in [0, 0.05) is 17.8 Å². The molecule has 142 valence electrons. The van der Waals surface area contributed by atoms with Crippen LogP contribution in [0, 0.1) is 5.82 Å². The average molecular weight is 395 g/mol. The quantitative estimate of drug-likeness (QED) is 0.352. The van der Waals surface area contributed by atoms with E-state index in [9.17, 15) is 9.18 Å². The van der Waals surface area contributed by atoms with Crippen LogP contribution in [0.15, 0.2) is 73.1 Å². The number of nitrogens with one attached hydrogen (secondary N) is 3. The summed E-state index contributed by atoms with van der Waals surface area (Å²) in [5, 5.41) is 7.00. The van der Waals surface area contributed by atoms with Crippen molar-refractivity contribution < 1.29 is 9.18 Å². The molecule has 0 aliphatic carbocycles. The van der Waals surface area contributed by atoms with Gasteiger partial charge in [-0.25, -0.2) is 4.39 Å². The molecule has 1 heterocycles. The maximum Gasteiger partial charge on any atom is 0.262 e. The second-order valence-corrected chi connectivity index (χ2v) is 6.25. The molecule has 0 saturated heterocycles. The van der Waals surface area contributed by atoms with E-state index >= 15 is 0 Å². The summed E-state index contributed by atoms with van der Waals surface area (Å²) in [6.07, 6.45) is 6.50. The number of carbonyl (C=O) groups excluding carboxylic acids is 1. The lowest BCUT2D eigenvalue weighted by molar-refractivity contribution is -0.116. The number of anilines is 1. The van der Waals surface area contributed by atoms with E-state index in [0.717, 1.165) is 11.1 Å². The fourth-order valence-electron chi connectivity index (χ4n) is 2.37. The van der Waals surface area contributed by atoms with E-state index in [1.807, 2.05) is 36.5 Å². The Morgan fingerprint density at radius 3 is 2.64 bits per heavy atom. The Labute approximate surface area is 167 Å². The van der Waals surface area contributed by atoms with E-state index < -0.39 is 11.7 Å². The third kappa shape index (κ3) is 5.75. The highest BCUT2D eigenvalue weighted by Crippen LogP contribution is 2.11. The van der Waals surface area contributed by atoms with Gasteiger partial charge >= 0.3 is 0 Å². The molecule has 3 N–H and O–H groups in total. The summed E-state index contributed by atoms with van der Waals surface area (Å²) in [5.41, 5.74) is 7.07. The third-order valence-electron chi connectivity index (χ3n) is 3.69. The van der Waals surface area contributed by atoms with Crippen molar-refractivity contribution >= 4 is 35.0 Å². The topological polar surface area (TPSA) is 71.0 Å². The number of benzene rings is 2. The van der Waals surface area contributed by atoms with Crippen LogP contribution in [0.5, 0.6) is 0 Å². The number of nitrogens with zero attached hydrogens (tertiary/aromatic N) is 2. The van der Waals surface area contributed by atoms with E-state index in [-0.39, 0.29) is 10.8 Å². The van der Waals surface area contributed by atoms with Crippen molar-refractivity contribution in [2.75, 3.05) is 5.32 Å². The molecule has 0 unspecified atom stereocenters. The van der Waals surface area contributed by atoms with Crippen LogP contribution in [0.2, 0.25) is 0 Å². The largest absolute Gasteiger partial charge is 0.329 e. The van der Waals surface area contributed by atoms with Crippen molar-refractivity contribution in [2.45, 2.75) is 6.54 Å². The molecule has 3 rings (SSSR count). The lowest BCUT2D eigenvalue weighted by Crippen LogP contribution is -2.43. The van der Waals surface area contributed by atoms with E-state index in [2.05, 4.69) is 21.3 Å². The number of hydrogen-bond donors (Lipinski definition) is 3. The number of aromatic nitrogens is 2. The van der Waals surface area contributed by atoms with Crippen LogP contribution >= 0.6 is 12.2 Å². The summed E-state index contributed by atoms with van der Waals surface area (Å²) in [4.78, 5) is 11.9. The van der Waals surface area contributed by atoms with Crippen molar-refractivity contribution in [1.29, 1.82) is 0 Å². The number of rotatable bonds is 5. The Bertz CT molecular complexity index is 987. The Kier molecular flexibility index (Phi) is 6.48. The van der Waals surface area contributed by atoms with E-state index in [0.29, 0.717) is 6.54 Å². The third-order valence-corrected chi connectivity index (χ3v) is 3.89. The summed E-state index contributed by atoms with van der Waals surface area (Å²) in [6, 6.07) is 16.1. The minimum Gasteiger partial charge on any atom is -0.329 e. The van der Waals surface area contributed by atoms with Gasteiger partial charge < -0.3 is 5.32 Å². The van der Waals surface area contributed by atoms with Gasteiger partial charge in [0.15, 0.2) is 5.11 Å². The smallest absolute Gasteiger partial charge is 0.262 e. The van der Waals surface area contributed by atoms with Crippen molar-refractivity contribution in [3.05, 3.63) is 90.0 Å². The monoisotopic (exact) mass is 395 g/mol.